The summed E-state index contributed by atoms with van der Waals surface area (Å²) < 4.78 is 35.0. The molecule has 0 N–H and O–H groups in total. The van der Waals surface area contributed by atoms with Crippen molar-refractivity contribution in [3.05, 3.63) is 17.3 Å². The Balaban J connectivity index is 3.32. The average Bonchev–Trinajstić information content (AvgIpc) is 2.26. The topological polar surface area (TPSA) is 31.4 Å². The number of pyridine rings is 1. The maximum atomic E-state index is 12.6. The molecule has 3 nitrogen and oxygen atoms in total. The van der Waals surface area contributed by atoms with Crippen LogP contribution < -0.4 is 9.47 Å². The predicted octanol–water partition coefficient (Wildman–Crippen LogP) is 2.93. The van der Waals surface area contributed by atoms with Crippen LogP contribution in [0.2, 0.25) is 0 Å². The van der Waals surface area contributed by atoms with Gasteiger partial charge in [0, 0.05) is 17.0 Å². The minimum absolute atomic E-state index is 0.0997. The van der Waals surface area contributed by atoms with Crippen LogP contribution in [0.25, 0.3) is 0 Å². The molecule has 0 spiro atoms. The number of alkyl halides is 3. The zero-order chi connectivity index (χ0) is 11.4. The summed E-state index contributed by atoms with van der Waals surface area (Å²) in [5.74, 6) is 0.253. The summed E-state index contributed by atoms with van der Waals surface area (Å²) >= 11 is 3.19. The van der Waals surface area contributed by atoms with Crippen molar-refractivity contribution in [1.29, 1.82) is 0 Å². The molecular weight excluding hydrogens is 272 g/mol. The van der Waals surface area contributed by atoms with Gasteiger partial charge in [0.25, 0.3) is 6.43 Å². The molecule has 0 unspecified atom stereocenters. The highest BCUT2D eigenvalue weighted by Gasteiger charge is 2.20. The summed E-state index contributed by atoms with van der Waals surface area (Å²) in [6, 6.07) is 1.56. The summed E-state index contributed by atoms with van der Waals surface area (Å²) in [5, 5.41) is 0.398. The molecule has 0 saturated carbocycles. The van der Waals surface area contributed by atoms with Gasteiger partial charge >= 0.3 is 0 Å². The van der Waals surface area contributed by atoms with E-state index in [1.807, 2.05) is 0 Å². The fourth-order valence-electron chi connectivity index (χ4n) is 1.17. The maximum absolute atomic E-state index is 12.6. The van der Waals surface area contributed by atoms with Crippen LogP contribution in [0.1, 0.15) is 17.7 Å². The van der Waals surface area contributed by atoms with E-state index in [9.17, 15) is 8.78 Å². The molecule has 1 rings (SSSR count). The molecule has 0 aliphatic heterocycles. The average molecular weight is 282 g/mol. The lowest BCUT2D eigenvalue weighted by molar-refractivity contribution is 0.140. The van der Waals surface area contributed by atoms with Crippen molar-refractivity contribution in [2.75, 3.05) is 14.2 Å². The summed E-state index contributed by atoms with van der Waals surface area (Å²) in [5.41, 5.74) is 0.186. The van der Waals surface area contributed by atoms with Crippen LogP contribution >= 0.6 is 15.9 Å². The molecule has 1 aromatic rings. The predicted molar refractivity (Wildman–Crippen MR) is 54.9 cm³/mol. The lowest BCUT2D eigenvalue weighted by Crippen LogP contribution is -2.02. The third-order valence-corrected chi connectivity index (χ3v) is 2.42. The highest BCUT2D eigenvalue weighted by molar-refractivity contribution is 9.08. The summed E-state index contributed by atoms with van der Waals surface area (Å²) in [4.78, 5) is 3.65. The van der Waals surface area contributed by atoms with E-state index in [1.165, 1.54) is 14.2 Å². The van der Waals surface area contributed by atoms with E-state index in [4.69, 9.17) is 9.47 Å². The van der Waals surface area contributed by atoms with Gasteiger partial charge in [0.1, 0.15) is 0 Å². The highest BCUT2D eigenvalue weighted by Crippen LogP contribution is 2.33. The van der Waals surface area contributed by atoms with Crippen LogP contribution in [0.3, 0.4) is 0 Å². The van der Waals surface area contributed by atoms with Crippen molar-refractivity contribution in [1.82, 2.24) is 4.98 Å². The summed E-state index contributed by atoms with van der Waals surface area (Å²) in [6.07, 6.45) is -2.69. The Morgan fingerprint density at radius 3 is 2.47 bits per heavy atom. The van der Waals surface area contributed by atoms with E-state index >= 15 is 0 Å². The Morgan fingerprint density at radius 1 is 1.40 bits per heavy atom. The Kier molecular flexibility index (Phi) is 4.26. The van der Waals surface area contributed by atoms with Gasteiger partial charge in [0.15, 0.2) is 11.4 Å². The molecule has 1 heterocycles. The Morgan fingerprint density at radius 2 is 2.07 bits per heavy atom. The SMILES string of the molecule is COc1cc(CBr)c(OC)c(C(F)F)n1. The van der Waals surface area contributed by atoms with E-state index in [0.29, 0.717) is 10.9 Å². The summed E-state index contributed by atoms with van der Waals surface area (Å²) in [7, 11) is 2.71. The number of hydrogen-bond acceptors (Lipinski definition) is 3. The standard InChI is InChI=1S/C9H10BrF2NO2/c1-14-6-3-5(4-10)8(15-2)7(13-6)9(11)12/h3,9H,4H2,1-2H3. The van der Waals surface area contributed by atoms with Crippen LogP contribution in [-0.2, 0) is 5.33 Å². The minimum atomic E-state index is -2.69. The second-order valence-corrected chi connectivity index (χ2v) is 3.24. The Hall–Kier alpha value is -0.910. The Bertz CT molecular complexity index is 347. The van der Waals surface area contributed by atoms with Crippen LogP contribution in [0, 0.1) is 0 Å². The van der Waals surface area contributed by atoms with E-state index in [1.54, 1.807) is 6.07 Å². The monoisotopic (exact) mass is 281 g/mol. The number of aromatic nitrogens is 1. The fourth-order valence-corrected chi connectivity index (χ4v) is 1.58. The molecule has 15 heavy (non-hydrogen) atoms. The van der Waals surface area contributed by atoms with Crippen molar-refractivity contribution < 1.29 is 18.3 Å². The fraction of sp³-hybridized carbons (Fsp3) is 0.444. The van der Waals surface area contributed by atoms with Crippen molar-refractivity contribution >= 4 is 15.9 Å². The first-order valence-corrected chi connectivity index (χ1v) is 5.22. The molecule has 0 aliphatic carbocycles. The molecule has 1 aromatic heterocycles. The minimum Gasteiger partial charge on any atom is -0.494 e. The molecule has 84 valence electrons. The zero-order valence-electron chi connectivity index (χ0n) is 8.26. The lowest BCUT2D eigenvalue weighted by Gasteiger charge is -2.12. The molecule has 0 radical (unpaired) electrons. The molecule has 0 aromatic carbocycles. The smallest absolute Gasteiger partial charge is 0.284 e. The van der Waals surface area contributed by atoms with Gasteiger partial charge in [-0.3, -0.25) is 0 Å². The number of ether oxygens (including phenoxy) is 2. The van der Waals surface area contributed by atoms with Gasteiger partial charge < -0.3 is 9.47 Å². The van der Waals surface area contributed by atoms with Crippen molar-refractivity contribution in [3.8, 4) is 11.6 Å². The molecule has 0 saturated heterocycles. The molecule has 0 fully saturated rings. The van der Waals surface area contributed by atoms with Crippen molar-refractivity contribution in [2.24, 2.45) is 0 Å². The highest BCUT2D eigenvalue weighted by atomic mass is 79.9. The first-order valence-electron chi connectivity index (χ1n) is 4.10. The number of rotatable bonds is 4. The van der Waals surface area contributed by atoms with E-state index in [2.05, 4.69) is 20.9 Å². The van der Waals surface area contributed by atoms with Gasteiger partial charge in [-0.2, -0.15) is 0 Å². The number of nitrogens with zero attached hydrogens (tertiary/aromatic N) is 1. The summed E-state index contributed by atoms with van der Waals surface area (Å²) in [6.45, 7) is 0. The van der Waals surface area contributed by atoms with Gasteiger partial charge in [-0.25, -0.2) is 13.8 Å². The van der Waals surface area contributed by atoms with Crippen LogP contribution in [0.5, 0.6) is 11.6 Å². The van der Waals surface area contributed by atoms with Crippen LogP contribution in [0.4, 0.5) is 8.78 Å². The van der Waals surface area contributed by atoms with E-state index in [0.717, 1.165) is 0 Å². The Labute approximate surface area is 94.5 Å². The van der Waals surface area contributed by atoms with Crippen molar-refractivity contribution in [3.63, 3.8) is 0 Å². The van der Waals surface area contributed by atoms with Gasteiger partial charge in [0.2, 0.25) is 5.88 Å². The van der Waals surface area contributed by atoms with E-state index < -0.39 is 12.1 Å². The molecule has 0 atom stereocenters. The number of methoxy groups -OCH3 is 2. The first-order chi connectivity index (χ1) is 7.13. The zero-order valence-corrected chi connectivity index (χ0v) is 9.85. The largest absolute Gasteiger partial charge is 0.494 e. The lowest BCUT2D eigenvalue weighted by atomic mass is 10.2. The van der Waals surface area contributed by atoms with E-state index in [-0.39, 0.29) is 11.6 Å². The second kappa shape index (κ2) is 5.25. The first kappa shape index (κ1) is 12.2. The molecule has 6 heteroatoms. The third kappa shape index (κ3) is 2.56. The maximum Gasteiger partial charge on any atom is 0.284 e. The van der Waals surface area contributed by atoms with Gasteiger partial charge in [-0.05, 0) is 0 Å². The second-order valence-electron chi connectivity index (χ2n) is 2.68. The number of hydrogen-bond donors (Lipinski definition) is 0. The van der Waals surface area contributed by atoms with Gasteiger partial charge in [-0.1, -0.05) is 15.9 Å². The van der Waals surface area contributed by atoms with Crippen LogP contribution in [-0.4, -0.2) is 19.2 Å². The van der Waals surface area contributed by atoms with Gasteiger partial charge in [-0.15, -0.1) is 0 Å². The molecule has 0 amide bonds. The molecule has 0 aliphatic rings. The van der Waals surface area contributed by atoms with Crippen molar-refractivity contribution in [2.45, 2.75) is 11.8 Å². The molecule has 0 bridgehead atoms. The number of halogens is 3. The van der Waals surface area contributed by atoms with Crippen LogP contribution in [0.15, 0.2) is 6.07 Å². The molecular formula is C9H10BrF2NO2. The normalized spacial score (nSPS) is 10.5. The quantitative estimate of drug-likeness (QED) is 0.796. The van der Waals surface area contributed by atoms with Gasteiger partial charge in [0.05, 0.1) is 14.2 Å². The third-order valence-electron chi connectivity index (χ3n) is 1.82.